The number of hydrogen-bond donors (Lipinski definition) is 1. The SMILES string of the molecule is OC(Cc1ccc(F)cc1)c1c(F)cccc1F. The number of rotatable bonds is 3. The predicted molar refractivity (Wildman–Crippen MR) is 61.4 cm³/mol. The van der Waals surface area contributed by atoms with Gasteiger partial charge in [0.15, 0.2) is 0 Å². The van der Waals surface area contributed by atoms with Crippen LogP contribution in [-0.4, -0.2) is 5.11 Å². The zero-order chi connectivity index (χ0) is 13.1. The van der Waals surface area contributed by atoms with Crippen molar-refractivity contribution in [2.75, 3.05) is 0 Å². The number of hydrogen-bond acceptors (Lipinski definition) is 1. The largest absolute Gasteiger partial charge is 0.388 e. The van der Waals surface area contributed by atoms with E-state index in [1.54, 1.807) is 0 Å². The summed E-state index contributed by atoms with van der Waals surface area (Å²) >= 11 is 0. The fourth-order valence-corrected chi connectivity index (χ4v) is 1.77. The lowest BCUT2D eigenvalue weighted by Gasteiger charge is -2.12. The molecule has 1 nitrogen and oxygen atoms in total. The Labute approximate surface area is 103 Å². The summed E-state index contributed by atoms with van der Waals surface area (Å²) in [6.45, 7) is 0. The number of halogens is 3. The van der Waals surface area contributed by atoms with Crippen molar-refractivity contribution in [3.05, 3.63) is 71.0 Å². The van der Waals surface area contributed by atoms with Crippen LogP contribution in [-0.2, 0) is 6.42 Å². The predicted octanol–water partition coefficient (Wildman–Crippen LogP) is 3.38. The van der Waals surface area contributed by atoms with Crippen molar-refractivity contribution in [3.8, 4) is 0 Å². The first-order valence-corrected chi connectivity index (χ1v) is 5.44. The molecule has 0 aliphatic heterocycles. The van der Waals surface area contributed by atoms with Crippen molar-refractivity contribution < 1.29 is 18.3 Å². The van der Waals surface area contributed by atoms with Crippen LogP contribution in [0.25, 0.3) is 0 Å². The van der Waals surface area contributed by atoms with Crippen LogP contribution in [0, 0.1) is 17.5 Å². The molecule has 0 aromatic heterocycles. The van der Waals surface area contributed by atoms with E-state index in [-0.39, 0.29) is 12.0 Å². The van der Waals surface area contributed by atoms with Gasteiger partial charge in [0.25, 0.3) is 0 Å². The van der Waals surface area contributed by atoms with Gasteiger partial charge in [-0.05, 0) is 29.8 Å². The van der Waals surface area contributed by atoms with Gasteiger partial charge in [0.1, 0.15) is 17.5 Å². The van der Waals surface area contributed by atoms with Crippen LogP contribution >= 0.6 is 0 Å². The highest BCUT2D eigenvalue weighted by molar-refractivity contribution is 5.25. The van der Waals surface area contributed by atoms with Gasteiger partial charge in [0, 0.05) is 6.42 Å². The molecule has 0 aliphatic carbocycles. The van der Waals surface area contributed by atoms with Crippen molar-refractivity contribution in [2.24, 2.45) is 0 Å². The van der Waals surface area contributed by atoms with E-state index in [1.165, 1.54) is 30.3 Å². The third kappa shape index (κ3) is 2.71. The Kier molecular flexibility index (Phi) is 3.67. The van der Waals surface area contributed by atoms with Crippen LogP contribution < -0.4 is 0 Å². The molecule has 1 unspecified atom stereocenters. The Morgan fingerprint density at radius 1 is 0.889 bits per heavy atom. The van der Waals surface area contributed by atoms with Crippen LogP contribution in [0.5, 0.6) is 0 Å². The minimum Gasteiger partial charge on any atom is -0.388 e. The van der Waals surface area contributed by atoms with E-state index in [1.807, 2.05) is 0 Å². The Hall–Kier alpha value is -1.81. The fourth-order valence-electron chi connectivity index (χ4n) is 1.77. The molecule has 1 N–H and O–H groups in total. The van der Waals surface area contributed by atoms with Crippen LogP contribution in [0.3, 0.4) is 0 Å². The average molecular weight is 252 g/mol. The molecule has 0 spiro atoms. The van der Waals surface area contributed by atoms with Crippen molar-refractivity contribution in [1.29, 1.82) is 0 Å². The minimum atomic E-state index is -1.29. The van der Waals surface area contributed by atoms with E-state index in [9.17, 15) is 18.3 Å². The van der Waals surface area contributed by atoms with Gasteiger partial charge in [-0.3, -0.25) is 0 Å². The zero-order valence-corrected chi connectivity index (χ0v) is 9.41. The molecular formula is C14H11F3O. The molecule has 0 saturated heterocycles. The summed E-state index contributed by atoms with van der Waals surface area (Å²) in [6, 6.07) is 8.82. The molecule has 0 bridgehead atoms. The molecule has 18 heavy (non-hydrogen) atoms. The van der Waals surface area contributed by atoms with Crippen molar-refractivity contribution in [1.82, 2.24) is 0 Å². The Morgan fingerprint density at radius 3 is 2.00 bits per heavy atom. The summed E-state index contributed by atoms with van der Waals surface area (Å²) in [6.07, 6.45) is -1.27. The molecule has 0 aliphatic rings. The summed E-state index contributed by atoms with van der Waals surface area (Å²) in [4.78, 5) is 0. The van der Waals surface area contributed by atoms with Gasteiger partial charge in [0.05, 0.1) is 11.7 Å². The van der Waals surface area contributed by atoms with E-state index in [0.29, 0.717) is 5.56 Å². The normalized spacial score (nSPS) is 12.4. The van der Waals surface area contributed by atoms with Crippen LogP contribution in [0.15, 0.2) is 42.5 Å². The monoisotopic (exact) mass is 252 g/mol. The molecular weight excluding hydrogens is 241 g/mol. The second-order valence-corrected chi connectivity index (χ2v) is 3.98. The van der Waals surface area contributed by atoms with Gasteiger partial charge in [-0.1, -0.05) is 18.2 Å². The highest BCUT2D eigenvalue weighted by Crippen LogP contribution is 2.23. The van der Waals surface area contributed by atoms with E-state index >= 15 is 0 Å². The van der Waals surface area contributed by atoms with E-state index in [0.717, 1.165) is 12.1 Å². The molecule has 2 rings (SSSR count). The molecule has 4 heteroatoms. The van der Waals surface area contributed by atoms with Gasteiger partial charge >= 0.3 is 0 Å². The quantitative estimate of drug-likeness (QED) is 0.887. The van der Waals surface area contributed by atoms with Gasteiger partial charge in [-0.15, -0.1) is 0 Å². The lowest BCUT2D eigenvalue weighted by Crippen LogP contribution is -2.07. The molecule has 2 aromatic rings. The molecule has 0 saturated carbocycles. The van der Waals surface area contributed by atoms with Gasteiger partial charge in [-0.2, -0.15) is 0 Å². The first kappa shape index (κ1) is 12.6. The van der Waals surface area contributed by atoms with Crippen molar-refractivity contribution in [3.63, 3.8) is 0 Å². The second kappa shape index (κ2) is 5.23. The second-order valence-electron chi connectivity index (χ2n) is 3.98. The Bertz CT molecular complexity index is 517. The molecule has 0 heterocycles. The van der Waals surface area contributed by atoms with E-state index in [4.69, 9.17) is 0 Å². The van der Waals surface area contributed by atoms with Crippen molar-refractivity contribution in [2.45, 2.75) is 12.5 Å². The van der Waals surface area contributed by atoms with E-state index in [2.05, 4.69) is 0 Å². The third-order valence-electron chi connectivity index (χ3n) is 2.68. The maximum Gasteiger partial charge on any atom is 0.131 e. The van der Waals surface area contributed by atoms with Crippen LogP contribution in [0.2, 0.25) is 0 Å². The molecule has 0 amide bonds. The van der Waals surface area contributed by atoms with Gasteiger partial charge < -0.3 is 5.11 Å². The third-order valence-corrected chi connectivity index (χ3v) is 2.68. The maximum atomic E-state index is 13.4. The Morgan fingerprint density at radius 2 is 1.44 bits per heavy atom. The summed E-state index contributed by atoms with van der Waals surface area (Å²) in [5.74, 6) is -1.97. The van der Waals surface area contributed by atoms with Gasteiger partial charge in [0.2, 0.25) is 0 Å². The average Bonchev–Trinajstić information content (AvgIpc) is 2.32. The molecule has 1 atom stereocenters. The summed E-state index contributed by atoms with van der Waals surface area (Å²) in [5.41, 5.74) is 0.244. The first-order valence-electron chi connectivity index (χ1n) is 5.44. The topological polar surface area (TPSA) is 20.2 Å². The lowest BCUT2D eigenvalue weighted by molar-refractivity contribution is 0.168. The molecule has 0 radical (unpaired) electrons. The molecule has 2 aromatic carbocycles. The first-order chi connectivity index (χ1) is 8.58. The van der Waals surface area contributed by atoms with Crippen LogP contribution in [0.1, 0.15) is 17.2 Å². The fraction of sp³-hybridized carbons (Fsp3) is 0.143. The zero-order valence-electron chi connectivity index (χ0n) is 9.41. The van der Waals surface area contributed by atoms with Gasteiger partial charge in [-0.25, -0.2) is 13.2 Å². The smallest absolute Gasteiger partial charge is 0.131 e. The molecule has 0 fully saturated rings. The van der Waals surface area contributed by atoms with Crippen LogP contribution in [0.4, 0.5) is 13.2 Å². The summed E-state index contributed by atoms with van der Waals surface area (Å²) in [7, 11) is 0. The maximum absolute atomic E-state index is 13.4. The van der Waals surface area contributed by atoms with E-state index < -0.39 is 23.6 Å². The number of aliphatic hydroxyl groups is 1. The highest BCUT2D eigenvalue weighted by atomic mass is 19.1. The summed E-state index contributed by atoms with van der Waals surface area (Å²) in [5, 5.41) is 9.83. The minimum absolute atomic E-state index is 0.0259. The lowest BCUT2D eigenvalue weighted by atomic mass is 10.0. The summed E-state index contributed by atoms with van der Waals surface area (Å²) < 4.78 is 39.5. The molecule has 94 valence electrons. The number of benzene rings is 2. The standard InChI is InChI=1S/C14H11F3O/c15-10-6-4-9(5-7-10)8-13(18)14-11(16)2-1-3-12(14)17/h1-7,13,18H,8H2. The highest BCUT2D eigenvalue weighted by Gasteiger charge is 2.17. The Balaban J connectivity index is 2.22. The number of aliphatic hydroxyl groups excluding tert-OH is 1. The van der Waals surface area contributed by atoms with Crippen molar-refractivity contribution >= 4 is 0 Å².